The molecular formula is C20H35N. The van der Waals surface area contributed by atoms with Crippen LogP contribution in [0.4, 0.5) is 0 Å². The molecular weight excluding hydrogens is 254 g/mol. The number of hydrogen-bond acceptors (Lipinski definition) is 1. The quantitative estimate of drug-likeness (QED) is 0.498. The van der Waals surface area contributed by atoms with Gasteiger partial charge in [-0.25, -0.2) is 0 Å². The summed E-state index contributed by atoms with van der Waals surface area (Å²) in [6, 6.07) is 0. The highest BCUT2D eigenvalue weighted by molar-refractivity contribution is 5.11. The minimum Gasteiger partial charge on any atom is -0.391 e. The fraction of sp³-hybridized carbons (Fsp3) is 0.800. The summed E-state index contributed by atoms with van der Waals surface area (Å²) in [5.41, 5.74) is 0. The summed E-state index contributed by atoms with van der Waals surface area (Å²) in [5, 5.41) is 3.42. The summed E-state index contributed by atoms with van der Waals surface area (Å²) in [5.74, 6) is 5.82. The summed E-state index contributed by atoms with van der Waals surface area (Å²) in [6.07, 6.45) is 13.6. The van der Waals surface area contributed by atoms with Gasteiger partial charge in [0.15, 0.2) is 0 Å². The smallest absolute Gasteiger partial charge is 0.0141 e. The first-order chi connectivity index (χ1) is 10.1. The van der Waals surface area contributed by atoms with E-state index in [4.69, 9.17) is 0 Å². The number of hydrogen-bond donors (Lipinski definition) is 1. The second-order valence-electron chi connectivity index (χ2n) is 7.66. The third-order valence-electron chi connectivity index (χ3n) is 6.34. The molecule has 0 bridgehead atoms. The van der Waals surface area contributed by atoms with Crippen molar-refractivity contribution in [1.29, 1.82) is 0 Å². The van der Waals surface area contributed by atoms with Crippen molar-refractivity contribution in [2.75, 3.05) is 6.54 Å². The molecule has 5 atom stereocenters. The van der Waals surface area contributed by atoms with Crippen LogP contribution in [0, 0.1) is 41.4 Å². The highest BCUT2D eigenvalue weighted by Crippen LogP contribution is 2.48. The lowest BCUT2D eigenvalue weighted by Gasteiger charge is -2.47. The van der Waals surface area contributed by atoms with Gasteiger partial charge < -0.3 is 5.32 Å². The van der Waals surface area contributed by atoms with E-state index in [2.05, 4.69) is 64.4 Å². The van der Waals surface area contributed by atoms with E-state index in [1.807, 2.05) is 0 Å². The minimum absolute atomic E-state index is 0.756. The molecule has 1 N–H and O–H groups in total. The molecule has 2 rings (SSSR count). The highest BCUT2D eigenvalue weighted by Gasteiger charge is 2.42. The molecule has 120 valence electrons. The lowest BCUT2D eigenvalue weighted by Crippen LogP contribution is -2.42. The van der Waals surface area contributed by atoms with Crippen LogP contribution in [-0.4, -0.2) is 6.54 Å². The molecule has 0 amide bonds. The van der Waals surface area contributed by atoms with Gasteiger partial charge in [-0.2, -0.15) is 0 Å². The zero-order chi connectivity index (χ0) is 15.4. The minimum atomic E-state index is 0.756. The Bertz CT molecular complexity index is 360. The summed E-state index contributed by atoms with van der Waals surface area (Å²) in [4.78, 5) is 0. The van der Waals surface area contributed by atoms with Crippen molar-refractivity contribution in [1.82, 2.24) is 5.32 Å². The van der Waals surface area contributed by atoms with Crippen LogP contribution in [0.1, 0.15) is 53.9 Å². The maximum atomic E-state index is 3.42. The molecule has 0 aromatic carbocycles. The molecule has 0 aromatic rings. The van der Waals surface area contributed by atoms with Crippen molar-refractivity contribution >= 4 is 0 Å². The normalized spacial score (nSPS) is 43.0. The van der Waals surface area contributed by atoms with E-state index >= 15 is 0 Å². The zero-order valence-electron chi connectivity index (χ0n) is 14.7. The van der Waals surface area contributed by atoms with Crippen LogP contribution >= 0.6 is 0 Å². The van der Waals surface area contributed by atoms with Crippen molar-refractivity contribution < 1.29 is 0 Å². The van der Waals surface area contributed by atoms with Crippen molar-refractivity contribution in [3.8, 4) is 0 Å². The standard InChI is InChI=1S/C20H35N/c1-6-7-11-21-12-10-20-16(4)19(17(20)5)9-8-18-13-14(2)15(18)3/h8-10,12,14-21H,6-7,11,13H2,1-5H3. The van der Waals surface area contributed by atoms with Crippen molar-refractivity contribution in [3.05, 3.63) is 24.4 Å². The second kappa shape index (κ2) is 7.51. The lowest BCUT2D eigenvalue weighted by atomic mass is 9.57. The highest BCUT2D eigenvalue weighted by atomic mass is 14.8. The Hall–Kier alpha value is -0.720. The third kappa shape index (κ3) is 3.73. The van der Waals surface area contributed by atoms with Crippen LogP contribution in [0.3, 0.4) is 0 Å². The third-order valence-corrected chi connectivity index (χ3v) is 6.34. The Morgan fingerprint density at radius 3 is 2.14 bits per heavy atom. The van der Waals surface area contributed by atoms with Gasteiger partial charge in [-0.15, -0.1) is 0 Å². The van der Waals surface area contributed by atoms with Crippen molar-refractivity contribution in [3.63, 3.8) is 0 Å². The van der Waals surface area contributed by atoms with Crippen molar-refractivity contribution in [2.24, 2.45) is 41.4 Å². The van der Waals surface area contributed by atoms with Gasteiger partial charge in [-0.3, -0.25) is 0 Å². The molecule has 2 saturated carbocycles. The number of unbranched alkanes of at least 4 members (excludes halogenated alkanes) is 1. The first-order valence-electron chi connectivity index (χ1n) is 9.14. The molecule has 0 aliphatic heterocycles. The zero-order valence-corrected chi connectivity index (χ0v) is 14.7. The van der Waals surface area contributed by atoms with Crippen LogP contribution < -0.4 is 5.32 Å². The van der Waals surface area contributed by atoms with Crippen molar-refractivity contribution in [2.45, 2.75) is 53.9 Å². The molecule has 0 radical (unpaired) electrons. The molecule has 0 spiro atoms. The van der Waals surface area contributed by atoms with Gasteiger partial charge in [0.05, 0.1) is 0 Å². The Morgan fingerprint density at radius 2 is 1.57 bits per heavy atom. The predicted octanol–water partition coefficient (Wildman–Crippen LogP) is 5.26. The molecule has 21 heavy (non-hydrogen) atoms. The van der Waals surface area contributed by atoms with E-state index in [9.17, 15) is 0 Å². The summed E-state index contributed by atoms with van der Waals surface area (Å²) >= 11 is 0. The number of rotatable bonds is 7. The molecule has 0 heterocycles. The fourth-order valence-corrected chi connectivity index (χ4v) is 4.18. The number of allylic oxidation sites excluding steroid dienone is 3. The first-order valence-corrected chi connectivity index (χ1v) is 9.14. The van der Waals surface area contributed by atoms with Gasteiger partial charge in [0, 0.05) is 6.54 Å². The van der Waals surface area contributed by atoms with Crippen LogP contribution in [-0.2, 0) is 0 Å². The SMILES string of the molecule is CCCCNC=CC1C(C)C(C=CC2CC(C)C2C)C1C. The number of nitrogens with one attached hydrogen (secondary N) is 1. The Kier molecular flexibility index (Phi) is 5.96. The molecule has 2 aliphatic rings. The Balaban J connectivity index is 1.74. The van der Waals surface area contributed by atoms with Crippen LogP contribution in [0.2, 0.25) is 0 Å². The molecule has 0 aromatic heterocycles. The molecule has 1 heteroatoms. The topological polar surface area (TPSA) is 12.0 Å². The van der Waals surface area contributed by atoms with Gasteiger partial charge in [0.25, 0.3) is 0 Å². The summed E-state index contributed by atoms with van der Waals surface area (Å²) in [7, 11) is 0. The molecule has 1 nitrogen and oxygen atoms in total. The monoisotopic (exact) mass is 289 g/mol. The van der Waals surface area contributed by atoms with Gasteiger partial charge >= 0.3 is 0 Å². The van der Waals surface area contributed by atoms with E-state index in [0.29, 0.717) is 0 Å². The van der Waals surface area contributed by atoms with E-state index < -0.39 is 0 Å². The van der Waals surface area contributed by atoms with Gasteiger partial charge in [-0.05, 0) is 60.5 Å². The Morgan fingerprint density at radius 1 is 0.905 bits per heavy atom. The fourth-order valence-electron chi connectivity index (χ4n) is 4.18. The molecule has 2 aliphatic carbocycles. The average Bonchev–Trinajstić information content (AvgIpc) is 2.49. The Labute approximate surface area is 132 Å². The van der Waals surface area contributed by atoms with Crippen LogP contribution in [0.25, 0.3) is 0 Å². The predicted molar refractivity (Wildman–Crippen MR) is 92.9 cm³/mol. The second-order valence-corrected chi connectivity index (χ2v) is 7.66. The molecule has 5 unspecified atom stereocenters. The maximum Gasteiger partial charge on any atom is 0.0141 e. The molecule has 0 saturated heterocycles. The van der Waals surface area contributed by atoms with Gasteiger partial charge in [0.2, 0.25) is 0 Å². The van der Waals surface area contributed by atoms with E-state index in [0.717, 1.165) is 48.0 Å². The summed E-state index contributed by atoms with van der Waals surface area (Å²) in [6.45, 7) is 13.0. The van der Waals surface area contributed by atoms with Gasteiger partial charge in [-0.1, -0.05) is 59.3 Å². The lowest BCUT2D eigenvalue weighted by molar-refractivity contribution is 0.0726. The largest absolute Gasteiger partial charge is 0.391 e. The van der Waals surface area contributed by atoms with Crippen LogP contribution in [0.15, 0.2) is 24.4 Å². The van der Waals surface area contributed by atoms with Gasteiger partial charge in [0.1, 0.15) is 0 Å². The summed E-state index contributed by atoms with van der Waals surface area (Å²) < 4.78 is 0. The first kappa shape index (κ1) is 16.6. The van der Waals surface area contributed by atoms with E-state index in [-0.39, 0.29) is 0 Å². The van der Waals surface area contributed by atoms with E-state index in [1.165, 1.54) is 19.3 Å². The van der Waals surface area contributed by atoms with E-state index in [1.54, 1.807) is 0 Å². The molecule has 2 fully saturated rings. The maximum absolute atomic E-state index is 3.42. The average molecular weight is 290 g/mol. The van der Waals surface area contributed by atoms with Crippen LogP contribution in [0.5, 0.6) is 0 Å².